The van der Waals surface area contributed by atoms with Crippen LogP contribution < -0.4 is 10.2 Å². The van der Waals surface area contributed by atoms with Crippen molar-refractivity contribution in [3.63, 3.8) is 0 Å². The Morgan fingerprint density at radius 2 is 1.62 bits per heavy atom. The number of likely N-dealkylation sites (N-methyl/N-ethyl adjacent to an activating group) is 1. The maximum absolute atomic E-state index is 11.5. The molecule has 0 rings (SSSR count). The number of hydrogen-bond donors (Lipinski definition) is 1. The van der Waals surface area contributed by atoms with Crippen molar-refractivity contribution in [1.82, 2.24) is 5.32 Å². The van der Waals surface area contributed by atoms with E-state index in [-0.39, 0.29) is 19.1 Å². The van der Waals surface area contributed by atoms with E-state index in [9.17, 15) is 14.3 Å². The summed E-state index contributed by atoms with van der Waals surface area (Å²) in [6, 6.07) is 0. The summed E-state index contributed by atoms with van der Waals surface area (Å²) in [5.41, 5.74) is 0.512. The molecule has 24 heavy (non-hydrogen) atoms. The lowest BCUT2D eigenvalue weighted by atomic mass is 10.1. The highest BCUT2D eigenvalue weighted by atomic mass is 31.2. The standard InChI is InChI=1S/C16H33N2O5P/c1-15(2)16(19)17-11-9-7-6-8-10-13-22-24(20,21)23-14-12-18(3,4)5/h1,6-14H2,2-5H3,(H-,17,19,20,21). The van der Waals surface area contributed by atoms with Crippen LogP contribution in [0.1, 0.15) is 39.0 Å². The summed E-state index contributed by atoms with van der Waals surface area (Å²) in [6.07, 6.45) is 4.40. The fourth-order valence-corrected chi connectivity index (χ4v) is 2.48. The topological polar surface area (TPSA) is 87.7 Å². The van der Waals surface area contributed by atoms with Gasteiger partial charge in [0.2, 0.25) is 5.91 Å². The van der Waals surface area contributed by atoms with E-state index in [2.05, 4.69) is 11.9 Å². The Morgan fingerprint density at radius 3 is 2.21 bits per heavy atom. The first-order valence-corrected chi connectivity index (χ1v) is 9.84. The summed E-state index contributed by atoms with van der Waals surface area (Å²) in [7, 11) is 1.71. The maximum Gasteiger partial charge on any atom is 0.268 e. The van der Waals surface area contributed by atoms with E-state index in [0.29, 0.717) is 29.6 Å². The molecule has 1 unspecified atom stereocenters. The number of amides is 1. The van der Waals surface area contributed by atoms with E-state index >= 15 is 0 Å². The second-order valence-electron chi connectivity index (χ2n) is 6.93. The quantitative estimate of drug-likeness (QED) is 0.220. The van der Waals surface area contributed by atoms with Crippen molar-refractivity contribution in [3.8, 4) is 0 Å². The minimum Gasteiger partial charge on any atom is -0.756 e. The van der Waals surface area contributed by atoms with Crippen molar-refractivity contribution in [3.05, 3.63) is 12.2 Å². The van der Waals surface area contributed by atoms with E-state index in [1.165, 1.54) is 0 Å². The number of nitrogens with one attached hydrogen (secondary N) is 1. The van der Waals surface area contributed by atoms with Crippen LogP contribution >= 0.6 is 7.82 Å². The molecule has 0 saturated carbocycles. The number of quaternary nitrogens is 1. The smallest absolute Gasteiger partial charge is 0.268 e. The molecule has 1 N–H and O–H groups in total. The number of nitrogens with zero attached hydrogens (tertiary/aromatic N) is 1. The molecule has 0 saturated heterocycles. The van der Waals surface area contributed by atoms with Gasteiger partial charge in [-0.1, -0.05) is 25.8 Å². The highest BCUT2D eigenvalue weighted by Crippen LogP contribution is 2.38. The molecule has 0 aromatic heterocycles. The molecule has 1 atom stereocenters. The molecule has 0 aliphatic rings. The van der Waals surface area contributed by atoms with Crippen LogP contribution in [0.3, 0.4) is 0 Å². The van der Waals surface area contributed by atoms with E-state index in [0.717, 1.165) is 25.7 Å². The molecular weight excluding hydrogens is 331 g/mol. The van der Waals surface area contributed by atoms with Crippen molar-refractivity contribution < 1.29 is 27.8 Å². The Kier molecular flexibility index (Phi) is 11.4. The van der Waals surface area contributed by atoms with Crippen LogP contribution in [0.25, 0.3) is 0 Å². The maximum atomic E-state index is 11.5. The summed E-state index contributed by atoms with van der Waals surface area (Å²) >= 11 is 0. The zero-order valence-electron chi connectivity index (χ0n) is 15.5. The van der Waals surface area contributed by atoms with E-state index in [1.807, 2.05) is 21.1 Å². The molecule has 0 aliphatic carbocycles. The highest BCUT2D eigenvalue weighted by Gasteiger charge is 2.12. The summed E-state index contributed by atoms with van der Waals surface area (Å²) in [5, 5.41) is 2.77. The normalized spacial score (nSPS) is 14.2. The first-order chi connectivity index (χ1) is 11.0. The van der Waals surface area contributed by atoms with Crippen molar-refractivity contribution >= 4 is 13.7 Å². The lowest BCUT2D eigenvalue weighted by molar-refractivity contribution is -0.870. The number of carbonyl (C=O) groups excluding carboxylic acids is 1. The second-order valence-corrected chi connectivity index (χ2v) is 8.34. The SMILES string of the molecule is C=C(C)C(=O)NCCCCCCCOP(=O)([O-])OCC[N+](C)(C)C. The number of rotatable bonds is 14. The van der Waals surface area contributed by atoms with Crippen molar-refractivity contribution in [2.75, 3.05) is 47.4 Å². The van der Waals surface area contributed by atoms with Gasteiger partial charge in [-0.05, 0) is 19.8 Å². The second kappa shape index (κ2) is 11.8. The monoisotopic (exact) mass is 364 g/mol. The van der Waals surface area contributed by atoms with Gasteiger partial charge in [-0.3, -0.25) is 9.36 Å². The molecular formula is C16H33N2O5P. The summed E-state index contributed by atoms with van der Waals surface area (Å²) < 4.78 is 21.8. The zero-order valence-corrected chi connectivity index (χ0v) is 16.4. The van der Waals surface area contributed by atoms with E-state index < -0.39 is 7.82 Å². The van der Waals surface area contributed by atoms with Gasteiger partial charge in [0.1, 0.15) is 13.2 Å². The summed E-state index contributed by atoms with van der Waals surface area (Å²) in [6.45, 7) is 6.75. The van der Waals surface area contributed by atoms with Gasteiger partial charge in [0.25, 0.3) is 7.82 Å². The largest absolute Gasteiger partial charge is 0.756 e. The van der Waals surface area contributed by atoms with E-state index in [1.54, 1.807) is 6.92 Å². The number of phosphoric ester groups is 1. The fraction of sp³-hybridized carbons (Fsp3) is 0.812. The average Bonchev–Trinajstić information content (AvgIpc) is 2.43. The summed E-state index contributed by atoms with van der Waals surface area (Å²) in [4.78, 5) is 22.8. The van der Waals surface area contributed by atoms with Crippen LogP contribution in [0.4, 0.5) is 0 Å². The first-order valence-electron chi connectivity index (χ1n) is 8.38. The minimum atomic E-state index is -4.18. The molecule has 0 spiro atoms. The van der Waals surface area contributed by atoms with Gasteiger partial charge in [0, 0.05) is 12.1 Å². The van der Waals surface area contributed by atoms with Gasteiger partial charge in [-0.25, -0.2) is 0 Å². The molecule has 8 heteroatoms. The Balaban J connectivity index is 3.53. The Hall–Kier alpha value is -0.720. The summed E-state index contributed by atoms with van der Waals surface area (Å²) in [5.74, 6) is -0.111. The van der Waals surface area contributed by atoms with Crippen molar-refractivity contribution in [2.45, 2.75) is 39.0 Å². The molecule has 0 heterocycles. The van der Waals surface area contributed by atoms with Gasteiger partial charge in [-0.15, -0.1) is 0 Å². The average molecular weight is 364 g/mol. The molecule has 0 aromatic rings. The first kappa shape index (κ1) is 23.3. The van der Waals surface area contributed by atoms with Gasteiger partial charge in [0.05, 0.1) is 27.7 Å². The predicted molar refractivity (Wildman–Crippen MR) is 93.3 cm³/mol. The molecule has 142 valence electrons. The third kappa shape index (κ3) is 14.8. The highest BCUT2D eigenvalue weighted by molar-refractivity contribution is 7.45. The van der Waals surface area contributed by atoms with Crippen LogP contribution in [-0.4, -0.2) is 57.8 Å². The molecule has 0 aromatic carbocycles. The van der Waals surface area contributed by atoms with Crippen LogP contribution in [0.5, 0.6) is 0 Å². The van der Waals surface area contributed by atoms with Crippen LogP contribution in [0.2, 0.25) is 0 Å². The fourth-order valence-electron chi connectivity index (χ4n) is 1.75. The van der Waals surface area contributed by atoms with Gasteiger partial charge >= 0.3 is 0 Å². The molecule has 0 fully saturated rings. The van der Waals surface area contributed by atoms with Crippen LogP contribution in [-0.2, 0) is 18.4 Å². The molecule has 0 aliphatic heterocycles. The lowest BCUT2D eigenvalue weighted by Gasteiger charge is -2.27. The van der Waals surface area contributed by atoms with Gasteiger partial charge in [0.15, 0.2) is 0 Å². The Labute approximate surface area is 146 Å². The van der Waals surface area contributed by atoms with Crippen molar-refractivity contribution in [2.24, 2.45) is 0 Å². The Morgan fingerprint density at radius 1 is 1.08 bits per heavy atom. The number of hydrogen-bond acceptors (Lipinski definition) is 5. The van der Waals surface area contributed by atoms with Crippen molar-refractivity contribution in [1.29, 1.82) is 0 Å². The predicted octanol–water partition coefficient (Wildman–Crippen LogP) is 1.84. The Bertz CT molecular complexity index is 435. The van der Waals surface area contributed by atoms with Crippen LogP contribution in [0.15, 0.2) is 12.2 Å². The molecule has 0 radical (unpaired) electrons. The zero-order chi connectivity index (χ0) is 18.6. The molecule has 1 amide bonds. The number of unbranched alkanes of at least 4 members (excludes halogenated alkanes) is 4. The van der Waals surface area contributed by atoms with Gasteiger partial charge < -0.3 is 23.7 Å². The lowest BCUT2D eigenvalue weighted by Crippen LogP contribution is -2.37. The van der Waals surface area contributed by atoms with Crippen LogP contribution in [0, 0.1) is 0 Å². The third-order valence-electron chi connectivity index (χ3n) is 3.26. The van der Waals surface area contributed by atoms with E-state index in [4.69, 9.17) is 9.05 Å². The van der Waals surface area contributed by atoms with Gasteiger partial charge in [-0.2, -0.15) is 0 Å². The third-order valence-corrected chi connectivity index (χ3v) is 4.25. The minimum absolute atomic E-state index is 0.111. The number of phosphoric acid groups is 1. The molecule has 0 bridgehead atoms. The molecule has 7 nitrogen and oxygen atoms in total. The number of carbonyl (C=O) groups is 1.